The molecular weight excluding hydrogens is 329 g/mol. The van der Waals surface area contributed by atoms with Crippen LogP contribution in [0, 0.1) is 5.82 Å². The lowest BCUT2D eigenvalue weighted by Gasteiger charge is -2.07. The Labute approximate surface area is 144 Å². The third kappa shape index (κ3) is 5.70. The Hall–Kier alpha value is -2.34. The molecule has 0 aromatic heterocycles. The number of halogens is 1. The van der Waals surface area contributed by atoms with E-state index in [0.717, 1.165) is 10.5 Å². The third-order valence-corrected chi connectivity index (χ3v) is 4.05. The molecule has 2 aromatic carbocycles. The maximum atomic E-state index is 12.8. The molecule has 0 bridgehead atoms. The smallest absolute Gasteiger partial charge is 0.338 e. The molecule has 1 N–H and O–H groups in total. The summed E-state index contributed by atoms with van der Waals surface area (Å²) in [7, 11) is 0. The van der Waals surface area contributed by atoms with E-state index >= 15 is 0 Å². The van der Waals surface area contributed by atoms with Gasteiger partial charge in [-0.2, -0.15) is 0 Å². The summed E-state index contributed by atoms with van der Waals surface area (Å²) in [6, 6.07) is 13.1. The second kappa shape index (κ2) is 9.08. The van der Waals surface area contributed by atoms with Crippen molar-refractivity contribution in [3.05, 3.63) is 65.5 Å². The molecule has 0 saturated heterocycles. The zero-order valence-corrected chi connectivity index (χ0v) is 14.1. The summed E-state index contributed by atoms with van der Waals surface area (Å²) in [6.07, 6.45) is 2.53. The number of benzene rings is 2. The first-order valence-electron chi connectivity index (χ1n) is 7.41. The predicted octanol–water partition coefficient (Wildman–Crippen LogP) is 3.06. The second-order valence-electron chi connectivity index (χ2n) is 5.03. The zero-order chi connectivity index (χ0) is 17.4. The SMILES string of the molecule is CSc1ccc(C(=O)OCC(=O)NCCc2ccc(F)cc2)cc1. The third-order valence-electron chi connectivity index (χ3n) is 3.31. The fourth-order valence-electron chi connectivity index (χ4n) is 1.99. The topological polar surface area (TPSA) is 55.4 Å². The van der Waals surface area contributed by atoms with Gasteiger partial charge in [0, 0.05) is 11.4 Å². The van der Waals surface area contributed by atoms with Crippen molar-refractivity contribution in [2.45, 2.75) is 11.3 Å². The van der Waals surface area contributed by atoms with Crippen LogP contribution in [0.15, 0.2) is 53.4 Å². The number of hydrogen-bond acceptors (Lipinski definition) is 4. The monoisotopic (exact) mass is 347 g/mol. The lowest BCUT2D eigenvalue weighted by molar-refractivity contribution is -0.124. The molecule has 0 spiro atoms. The van der Waals surface area contributed by atoms with E-state index in [1.54, 1.807) is 36.0 Å². The highest BCUT2D eigenvalue weighted by molar-refractivity contribution is 7.98. The van der Waals surface area contributed by atoms with Crippen molar-refractivity contribution in [3.63, 3.8) is 0 Å². The number of thioether (sulfide) groups is 1. The van der Waals surface area contributed by atoms with E-state index in [0.29, 0.717) is 18.5 Å². The molecule has 24 heavy (non-hydrogen) atoms. The van der Waals surface area contributed by atoms with Gasteiger partial charge in [0.15, 0.2) is 6.61 Å². The van der Waals surface area contributed by atoms with Crippen molar-refractivity contribution < 1.29 is 18.7 Å². The van der Waals surface area contributed by atoms with Crippen molar-refractivity contribution in [2.24, 2.45) is 0 Å². The quantitative estimate of drug-likeness (QED) is 0.618. The van der Waals surface area contributed by atoms with Gasteiger partial charge < -0.3 is 10.1 Å². The Morgan fingerprint density at radius 2 is 1.75 bits per heavy atom. The second-order valence-corrected chi connectivity index (χ2v) is 5.91. The Morgan fingerprint density at radius 1 is 1.08 bits per heavy atom. The number of rotatable bonds is 7. The number of ether oxygens (including phenoxy) is 1. The van der Waals surface area contributed by atoms with Crippen molar-refractivity contribution in [3.8, 4) is 0 Å². The summed E-state index contributed by atoms with van der Waals surface area (Å²) < 4.78 is 17.8. The number of carbonyl (C=O) groups excluding carboxylic acids is 2. The van der Waals surface area contributed by atoms with Crippen LogP contribution in [0.1, 0.15) is 15.9 Å². The van der Waals surface area contributed by atoms with E-state index in [1.165, 1.54) is 12.1 Å². The minimum Gasteiger partial charge on any atom is -0.452 e. The van der Waals surface area contributed by atoms with Crippen LogP contribution in [0.2, 0.25) is 0 Å². The molecule has 0 unspecified atom stereocenters. The van der Waals surface area contributed by atoms with Gasteiger partial charge >= 0.3 is 5.97 Å². The van der Waals surface area contributed by atoms with Crippen LogP contribution in [-0.4, -0.2) is 31.3 Å². The van der Waals surface area contributed by atoms with Crippen LogP contribution in [0.5, 0.6) is 0 Å². The van der Waals surface area contributed by atoms with Crippen LogP contribution in [0.4, 0.5) is 4.39 Å². The molecule has 0 fully saturated rings. The molecule has 126 valence electrons. The van der Waals surface area contributed by atoms with E-state index in [-0.39, 0.29) is 18.3 Å². The molecule has 2 aromatic rings. The average molecular weight is 347 g/mol. The first kappa shape index (κ1) is 18.0. The minimum atomic E-state index is -0.531. The predicted molar refractivity (Wildman–Crippen MR) is 91.6 cm³/mol. The van der Waals surface area contributed by atoms with Gasteiger partial charge in [0.05, 0.1) is 5.56 Å². The van der Waals surface area contributed by atoms with Crippen molar-refractivity contribution in [2.75, 3.05) is 19.4 Å². The van der Waals surface area contributed by atoms with Gasteiger partial charge in [-0.05, 0) is 54.6 Å². The average Bonchev–Trinajstić information content (AvgIpc) is 2.61. The summed E-state index contributed by atoms with van der Waals surface area (Å²) >= 11 is 1.58. The summed E-state index contributed by atoms with van der Waals surface area (Å²) in [4.78, 5) is 24.5. The van der Waals surface area contributed by atoms with E-state index in [2.05, 4.69) is 5.32 Å². The highest BCUT2D eigenvalue weighted by Crippen LogP contribution is 2.15. The van der Waals surface area contributed by atoms with Gasteiger partial charge in [-0.3, -0.25) is 4.79 Å². The lowest BCUT2D eigenvalue weighted by atomic mass is 10.1. The van der Waals surface area contributed by atoms with Gasteiger partial charge in [0.25, 0.3) is 5.91 Å². The Morgan fingerprint density at radius 3 is 2.38 bits per heavy atom. The molecular formula is C18H18FNO3S. The van der Waals surface area contributed by atoms with E-state index in [9.17, 15) is 14.0 Å². The largest absolute Gasteiger partial charge is 0.452 e. The maximum Gasteiger partial charge on any atom is 0.338 e. The minimum absolute atomic E-state index is 0.291. The van der Waals surface area contributed by atoms with Crippen LogP contribution in [-0.2, 0) is 16.0 Å². The number of amides is 1. The molecule has 0 aliphatic heterocycles. The van der Waals surface area contributed by atoms with Gasteiger partial charge in [-0.1, -0.05) is 12.1 Å². The highest BCUT2D eigenvalue weighted by atomic mass is 32.2. The fraction of sp³-hybridized carbons (Fsp3) is 0.222. The number of hydrogen-bond donors (Lipinski definition) is 1. The molecule has 0 atom stereocenters. The Balaban J connectivity index is 1.70. The van der Waals surface area contributed by atoms with Gasteiger partial charge in [-0.25, -0.2) is 9.18 Å². The van der Waals surface area contributed by atoms with Crippen LogP contribution in [0.3, 0.4) is 0 Å². The molecule has 0 radical (unpaired) electrons. The van der Waals surface area contributed by atoms with Crippen molar-refractivity contribution in [1.29, 1.82) is 0 Å². The van der Waals surface area contributed by atoms with E-state index < -0.39 is 5.97 Å². The molecule has 4 nitrogen and oxygen atoms in total. The maximum absolute atomic E-state index is 12.8. The Bertz CT molecular complexity index is 686. The van der Waals surface area contributed by atoms with Crippen LogP contribution < -0.4 is 5.32 Å². The van der Waals surface area contributed by atoms with Crippen LogP contribution >= 0.6 is 11.8 Å². The lowest BCUT2D eigenvalue weighted by Crippen LogP contribution is -2.30. The zero-order valence-electron chi connectivity index (χ0n) is 13.3. The number of carbonyl (C=O) groups is 2. The summed E-state index contributed by atoms with van der Waals surface area (Å²) in [5.41, 5.74) is 1.33. The first-order valence-corrected chi connectivity index (χ1v) is 8.63. The molecule has 6 heteroatoms. The first-order chi connectivity index (χ1) is 11.6. The standard InChI is InChI=1S/C18H18FNO3S/c1-24-16-8-4-14(5-9-16)18(22)23-12-17(21)20-11-10-13-2-6-15(19)7-3-13/h2-9H,10-12H2,1H3,(H,20,21). The number of esters is 1. The molecule has 0 aliphatic carbocycles. The fourth-order valence-corrected chi connectivity index (χ4v) is 2.40. The molecule has 0 aliphatic rings. The summed E-state index contributed by atoms with van der Waals surface area (Å²) in [5.74, 6) is -1.19. The van der Waals surface area contributed by atoms with E-state index in [1.807, 2.05) is 18.4 Å². The summed E-state index contributed by atoms with van der Waals surface area (Å²) in [6.45, 7) is 0.0664. The van der Waals surface area contributed by atoms with Crippen LogP contribution in [0.25, 0.3) is 0 Å². The molecule has 0 saturated carbocycles. The highest BCUT2D eigenvalue weighted by Gasteiger charge is 2.10. The van der Waals surface area contributed by atoms with Gasteiger partial charge in [-0.15, -0.1) is 11.8 Å². The van der Waals surface area contributed by atoms with Crippen molar-refractivity contribution in [1.82, 2.24) is 5.32 Å². The Kier molecular flexibility index (Phi) is 6.81. The van der Waals surface area contributed by atoms with E-state index in [4.69, 9.17) is 4.74 Å². The van der Waals surface area contributed by atoms with Crippen molar-refractivity contribution >= 4 is 23.6 Å². The number of nitrogens with one attached hydrogen (secondary N) is 1. The normalized spacial score (nSPS) is 10.2. The summed E-state index contributed by atoms with van der Waals surface area (Å²) in [5, 5.41) is 2.66. The molecule has 1 amide bonds. The molecule has 2 rings (SSSR count). The van der Waals surface area contributed by atoms with Gasteiger partial charge in [0.2, 0.25) is 0 Å². The van der Waals surface area contributed by atoms with Gasteiger partial charge in [0.1, 0.15) is 5.82 Å². The molecule has 0 heterocycles.